The second kappa shape index (κ2) is 16.0. The maximum atomic E-state index is 13.5. The Bertz CT molecular complexity index is 1100. The first-order chi connectivity index (χ1) is 19.0. The number of carbonyl (C=O) groups excluding carboxylic acids is 3. The predicted octanol–water partition coefficient (Wildman–Crippen LogP) is 4.32. The Labute approximate surface area is 248 Å². The fourth-order valence-electron chi connectivity index (χ4n) is 3.98. The van der Waals surface area contributed by atoms with Crippen LogP contribution < -0.4 is 10.6 Å². The quantitative estimate of drug-likeness (QED) is 0.368. The summed E-state index contributed by atoms with van der Waals surface area (Å²) in [6.07, 6.45) is 3.71. The van der Waals surface area contributed by atoms with Crippen molar-refractivity contribution in [3.63, 3.8) is 0 Å². The molecule has 4 amide bonds. The van der Waals surface area contributed by atoms with Crippen molar-refractivity contribution in [1.29, 1.82) is 0 Å². The fourth-order valence-corrected chi connectivity index (χ4v) is 5.40. The number of aliphatic hydroxyl groups excluding tert-OH is 1. The molecular formula is C29H44ClN5O4S. The highest BCUT2D eigenvalue weighted by Crippen LogP contribution is 2.39. The normalized spacial score (nSPS) is 16.0. The average Bonchev–Trinajstić information content (AvgIpc) is 2.94. The molecule has 0 atom stereocenters. The molecule has 1 saturated heterocycles. The van der Waals surface area contributed by atoms with Crippen molar-refractivity contribution in [3.8, 4) is 0 Å². The third kappa shape index (κ3) is 9.54. The molecule has 222 valence electrons. The van der Waals surface area contributed by atoms with Gasteiger partial charge in [-0.1, -0.05) is 44.0 Å². The average molecular weight is 594 g/mol. The zero-order valence-corrected chi connectivity index (χ0v) is 26.1. The summed E-state index contributed by atoms with van der Waals surface area (Å²) in [5, 5.41) is 15.3. The van der Waals surface area contributed by atoms with Crippen molar-refractivity contribution in [2.75, 3.05) is 64.0 Å². The monoisotopic (exact) mass is 593 g/mol. The van der Waals surface area contributed by atoms with Crippen LogP contribution in [0.1, 0.15) is 39.7 Å². The summed E-state index contributed by atoms with van der Waals surface area (Å²) in [6, 6.07) is 5.01. The van der Waals surface area contributed by atoms with Crippen molar-refractivity contribution in [2.24, 2.45) is 5.41 Å². The maximum absolute atomic E-state index is 13.5. The topological polar surface area (TPSA) is 105 Å². The molecule has 2 heterocycles. The lowest BCUT2D eigenvalue weighted by molar-refractivity contribution is -0.128. The number of nitrogens with zero attached hydrogens (tertiary/aromatic N) is 3. The van der Waals surface area contributed by atoms with Gasteiger partial charge in [0.15, 0.2) is 0 Å². The molecule has 0 radical (unpaired) electrons. The summed E-state index contributed by atoms with van der Waals surface area (Å²) in [4.78, 5) is 41.8. The zero-order valence-electron chi connectivity index (χ0n) is 24.6. The molecule has 11 heteroatoms. The number of urea groups is 1. The lowest BCUT2D eigenvalue weighted by Gasteiger charge is -2.35. The van der Waals surface area contributed by atoms with Crippen LogP contribution in [0.4, 0.5) is 10.5 Å². The van der Waals surface area contributed by atoms with Crippen LogP contribution in [0.5, 0.6) is 0 Å². The van der Waals surface area contributed by atoms with E-state index in [0.29, 0.717) is 47.5 Å². The molecule has 0 saturated carbocycles. The largest absolute Gasteiger partial charge is 0.395 e. The molecule has 2 aliphatic heterocycles. The number of nitrogens with one attached hydrogen (secondary N) is 2. The number of hydrogen-bond donors (Lipinski definition) is 3. The van der Waals surface area contributed by atoms with E-state index in [1.165, 1.54) is 22.2 Å². The molecule has 0 bridgehead atoms. The summed E-state index contributed by atoms with van der Waals surface area (Å²) >= 11 is 7.69. The van der Waals surface area contributed by atoms with Crippen molar-refractivity contribution in [2.45, 2.75) is 41.0 Å². The van der Waals surface area contributed by atoms with E-state index >= 15 is 0 Å². The van der Waals surface area contributed by atoms with E-state index in [1.54, 1.807) is 18.2 Å². The minimum Gasteiger partial charge on any atom is -0.395 e. The van der Waals surface area contributed by atoms with Crippen LogP contribution >= 0.6 is 23.4 Å². The van der Waals surface area contributed by atoms with E-state index in [-0.39, 0.29) is 24.0 Å². The van der Waals surface area contributed by atoms with Crippen LogP contribution in [0.2, 0.25) is 5.02 Å². The Morgan fingerprint density at radius 1 is 1.18 bits per heavy atom. The van der Waals surface area contributed by atoms with Crippen molar-refractivity contribution >= 4 is 47.4 Å². The number of piperazine rings is 1. The van der Waals surface area contributed by atoms with Gasteiger partial charge in [0.05, 0.1) is 17.2 Å². The van der Waals surface area contributed by atoms with Crippen molar-refractivity contribution in [3.05, 3.63) is 51.0 Å². The predicted molar refractivity (Wildman–Crippen MR) is 164 cm³/mol. The van der Waals surface area contributed by atoms with E-state index in [0.717, 1.165) is 37.2 Å². The minimum atomic E-state index is -0.381. The second-order valence-electron chi connectivity index (χ2n) is 10.5. The maximum Gasteiger partial charge on any atom is 0.324 e. The third-order valence-corrected chi connectivity index (χ3v) is 8.87. The van der Waals surface area contributed by atoms with E-state index in [4.69, 9.17) is 16.7 Å². The number of rotatable bonds is 9. The Balaban J connectivity index is 0.000000611. The molecular weight excluding hydrogens is 550 g/mol. The molecule has 1 fully saturated rings. The molecule has 0 unspecified atom stereocenters. The molecule has 40 heavy (non-hydrogen) atoms. The molecule has 3 rings (SSSR count). The van der Waals surface area contributed by atoms with Crippen molar-refractivity contribution in [1.82, 2.24) is 20.0 Å². The molecule has 1 aromatic carbocycles. The van der Waals surface area contributed by atoms with Gasteiger partial charge in [0.2, 0.25) is 6.41 Å². The summed E-state index contributed by atoms with van der Waals surface area (Å²) in [7, 11) is 2.06. The Hall–Kier alpha value is -2.53. The highest BCUT2D eigenvalue weighted by molar-refractivity contribution is 8.03. The van der Waals surface area contributed by atoms with Crippen LogP contribution in [-0.4, -0.2) is 96.8 Å². The van der Waals surface area contributed by atoms with Gasteiger partial charge < -0.3 is 30.4 Å². The van der Waals surface area contributed by atoms with E-state index in [2.05, 4.69) is 43.4 Å². The molecule has 0 spiro atoms. The Kier molecular flexibility index (Phi) is 13.5. The molecule has 2 aliphatic rings. The summed E-state index contributed by atoms with van der Waals surface area (Å²) < 4.78 is 0. The number of benzene rings is 1. The Morgan fingerprint density at radius 3 is 2.40 bits per heavy atom. The summed E-state index contributed by atoms with van der Waals surface area (Å²) in [6.45, 7) is 14.5. The van der Waals surface area contributed by atoms with Gasteiger partial charge in [0.1, 0.15) is 0 Å². The van der Waals surface area contributed by atoms with Crippen LogP contribution in [0.3, 0.4) is 0 Å². The number of anilines is 1. The van der Waals surface area contributed by atoms with Gasteiger partial charge in [0, 0.05) is 55.7 Å². The van der Waals surface area contributed by atoms with Gasteiger partial charge in [-0.05, 0) is 56.5 Å². The van der Waals surface area contributed by atoms with E-state index in [9.17, 15) is 14.4 Å². The number of likely N-dealkylation sites (N-methyl/N-ethyl adjacent to an activating group) is 2. The number of hydrogen-bond acceptors (Lipinski definition) is 6. The molecule has 3 N–H and O–H groups in total. The smallest absolute Gasteiger partial charge is 0.324 e. The van der Waals surface area contributed by atoms with Gasteiger partial charge in [-0.3, -0.25) is 9.59 Å². The van der Waals surface area contributed by atoms with E-state index in [1.807, 2.05) is 24.8 Å². The number of carbonyl (C=O) groups is 3. The molecule has 0 aliphatic carbocycles. The number of aliphatic hydroxyl groups is 1. The first kappa shape index (κ1) is 33.7. The highest BCUT2D eigenvalue weighted by atomic mass is 35.5. The second-order valence-corrected chi connectivity index (χ2v) is 11.9. The standard InChI is InChI=1S/C24H33ClN4O2S.C5H11NO2/c1-6-24(3,4)17-14-18(22(30)29-12-10-28(5)11-13-29)21(32-15-17)27-23(31)26-20-9-7-8-19(25)16(20)2;1-2-6(5-8)3-4-7/h7-9,14H,6,10-13,15H2,1-5H3,(H2,26,27,31);5,7H,2-4H2,1H3. The zero-order chi connectivity index (χ0) is 29.9. The lowest BCUT2D eigenvalue weighted by atomic mass is 9.81. The van der Waals surface area contributed by atoms with Gasteiger partial charge in [-0.2, -0.15) is 0 Å². The first-order valence-electron chi connectivity index (χ1n) is 13.7. The van der Waals surface area contributed by atoms with Gasteiger partial charge in [-0.15, -0.1) is 11.8 Å². The first-order valence-corrected chi connectivity index (χ1v) is 15.0. The Morgan fingerprint density at radius 2 is 1.85 bits per heavy atom. The number of thioether (sulfide) groups is 1. The number of amides is 4. The SMILES string of the molecule is CCC(C)(C)C1=CC(C(=O)N2CCN(C)CC2)=C(NC(=O)Nc2cccc(Cl)c2C)SC1.CCN(C=O)CCO. The molecule has 1 aromatic rings. The summed E-state index contributed by atoms with van der Waals surface area (Å²) in [5.41, 5.74) is 3.23. The van der Waals surface area contributed by atoms with Gasteiger partial charge in [0.25, 0.3) is 5.91 Å². The van der Waals surface area contributed by atoms with Crippen LogP contribution in [0.25, 0.3) is 0 Å². The third-order valence-electron chi connectivity index (χ3n) is 7.39. The summed E-state index contributed by atoms with van der Waals surface area (Å²) in [5.74, 6) is 0.718. The van der Waals surface area contributed by atoms with Crippen LogP contribution in [-0.2, 0) is 9.59 Å². The molecule has 9 nitrogen and oxygen atoms in total. The fraction of sp³-hybridized carbons (Fsp3) is 0.552. The van der Waals surface area contributed by atoms with Gasteiger partial charge >= 0.3 is 6.03 Å². The van der Waals surface area contributed by atoms with Gasteiger partial charge in [-0.25, -0.2) is 4.79 Å². The van der Waals surface area contributed by atoms with E-state index < -0.39 is 0 Å². The number of halogens is 1. The van der Waals surface area contributed by atoms with Crippen LogP contribution in [0.15, 0.2) is 40.5 Å². The highest BCUT2D eigenvalue weighted by Gasteiger charge is 2.31. The lowest BCUT2D eigenvalue weighted by Crippen LogP contribution is -2.48. The minimum absolute atomic E-state index is 0.00760. The van der Waals surface area contributed by atoms with Crippen molar-refractivity contribution < 1.29 is 19.5 Å². The van der Waals surface area contributed by atoms with Crippen LogP contribution in [0, 0.1) is 12.3 Å². The molecule has 0 aromatic heterocycles.